The Kier molecular flexibility index (Phi) is 5.64. The van der Waals surface area contributed by atoms with Gasteiger partial charge in [0.2, 0.25) is 0 Å². The summed E-state index contributed by atoms with van der Waals surface area (Å²) < 4.78 is 1.05. The van der Waals surface area contributed by atoms with E-state index in [4.69, 9.17) is 5.73 Å². The number of hydrogen-bond donors (Lipinski definition) is 1. The summed E-state index contributed by atoms with van der Waals surface area (Å²) in [7, 11) is 0. The van der Waals surface area contributed by atoms with Crippen molar-refractivity contribution in [2.45, 2.75) is 31.3 Å². The molecule has 2 unspecified atom stereocenters. The highest BCUT2D eigenvalue weighted by molar-refractivity contribution is 9.10. The lowest BCUT2D eigenvalue weighted by atomic mass is 10.0. The number of aromatic nitrogens is 1. The summed E-state index contributed by atoms with van der Waals surface area (Å²) in [5.41, 5.74) is 6.06. The molecule has 84 valence electrons. The Labute approximate surface area is 104 Å². The van der Waals surface area contributed by atoms with Gasteiger partial charge in [0.25, 0.3) is 0 Å². The van der Waals surface area contributed by atoms with Crippen LogP contribution in [0.5, 0.6) is 0 Å². The summed E-state index contributed by atoms with van der Waals surface area (Å²) in [5.74, 6) is 1.49. The van der Waals surface area contributed by atoms with Crippen LogP contribution in [0.15, 0.2) is 27.8 Å². The number of halogens is 1. The summed E-state index contributed by atoms with van der Waals surface area (Å²) in [6.07, 6.45) is 2.94. The van der Waals surface area contributed by atoms with Crippen molar-refractivity contribution in [3.63, 3.8) is 0 Å². The third kappa shape index (κ3) is 4.13. The van der Waals surface area contributed by atoms with Crippen molar-refractivity contribution >= 4 is 27.7 Å². The monoisotopic (exact) mass is 288 g/mol. The third-order valence-corrected chi connectivity index (χ3v) is 4.56. The molecule has 0 aliphatic heterocycles. The Morgan fingerprint density at radius 1 is 1.60 bits per heavy atom. The summed E-state index contributed by atoms with van der Waals surface area (Å²) >= 11 is 5.19. The molecule has 4 heteroatoms. The molecule has 0 spiro atoms. The van der Waals surface area contributed by atoms with E-state index in [1.54, 1.807) is 11.8 Å². The molecule has 1 aromatic heterocycles. The van der Waals surface area contributed by atoms with Crippen molar-refractivity contribution in [2.24, 2.45) is 11.7 Å². The van der Waals surface area contributed by atoms with Crippen LogP contribution in [0, 0.1) is 5.92 Å². The number of rotatable bonds is 5. The smallest absolute Gasteiger partial charge is 0.110 e. The molecule has 2 atom stereocenters. The molecule has 1 aromatic rings. The molecular formula is C11H17BrN2S. The second-order valence-corrected chi connectivity index (χ2v) is 5.51. The van der Waals surface area contributed by atoms with Gasteiger partial charge in [0.15, 0.2) is 0 Å². The van der Waals surface area contributed by atoms with Gasteiger partial charge in [-0.25, -0.2) is 4.98 Å². The first-order chi connectivity index (χ1) is 7.15. The molecule has 0 radical (unpaired) electrons. The van der Waals surface area contributed by atoms with E-state index in [0.717, 1.165) is 21.7 Å². The van der Waals surface area contributed by atoms with E-state index in [1.165, 1.54) is 0 Å². The lowest BCUT2D eigenvalue weighted by Gasteiger charge is -2.17. The quantitative estimate of drug-likeness (QED) is 0.845. The fourth-order valence-electron chi connectivity index (χ4n) is 1.12. The first kappa shape index (κ1) is 13.0. The molecule has 0 amide bonds. The lowest BCUT2D eigenvalue weighted by Crippen LogP contribution is -2.30. The Morgan fingerprint density at radius 3 is 2.93 bits per heavy atom. The van der Waals surface area contributed by atoms with Crippen LogP contribution in [0.2, 0.25) is 0 Å². The highest BCUT2D eigenvalue weighted by atomic mass is 79.9. The van der Waals surface area contributed by atoms with Gasteiger partial charge in [-0.2, -0.15) is 0 Å². The third-order valence-electron chi connectivity index (χ3n) is 2.51. The van der Waals surface area contributed by atoms with E-state index >= 15 is 0 Å². The Bertz CT molecular complexity index is 306. The molecule has 0 aliphatic rings. The van der Waals surface area contributed by atoms with E-state index in [0.29, 0.717) is 5.92 Å². The van der Waals surface area contributed by atoms with Gasteiger partial charge in [-0.15, -0.1) is 11.8 Å². The summed E-state index contributed by atoms with van der Waals surface area (Å²) in [4.78, 5) is 4.30. The lowest BCUT2D eigenvalue weighted by molar-refractivity contribution is 0.475. The van der Waals surface area contributed by atoms with Gasteiger partial charge < -0.3 is 5.73 Å². The number of thioether (sulfide) groups is 1. The zero-order valence-corrected chi connectivity index (χ0v) is 11.5. The highest BCUT2D eigenvalue weighted by Gasteiger charge is 2.12. The van der Waals surface area contributed by atoms with Crippen LogP contribution in [-0.4, -0.2) is 16.8 Å². The van der Waals surface area contributed by atoms with Gasteiger partial charge in [0.05, 0.1) is 0 Å². The van der Waals surface area contributed by atoms with Crippen LogP contribution in [-0.2, 0) is 0 Å². The van der Waals surface area contributed by atoms with Crippen LogP contribution < -0.4 is 5.73 Å². The van der Waals surface area contributed by atoms with Crippen molar-refractivity contribution < 1.29 is 0 Å². The zero-order valence-electron chi connectivity index (χ0n) is 9.11. The fourth-order valence-corrected chi connectivity index (χ4v) is 2.74. The molecule has 2 N–H and O–H groups in total. The molecule has 0 bridgehead atoms. The summed E-state index contributed by atoms with van der Waals surface area (Å²) in [5, 5.41) is 1.02. The van der Waals surface area contributed by atoms with Gasteiger partial charge in [0, 0.05) is 22.5 Å². The molecule has 15 heavy (non-hydrogen) atoms. The first-order valence-electron chi connectivity index (χ1n) is 5.14. The van der Waals surface area contributed by atoms with Gasteiger partial charge in [-0.05, 0) is 34.0 Å². The van der Waals surface area contributed by atoms with Crippen LogP contribution in [0.4, 0.5) is 0 Å². The van der Waals surface area contributed by atoms with Crippen LogP contribution in [0.1, 0.15) is 20.3 Å². The maximum Gasteiger partial charge on any atom is 0.110 e. The highest BCUT2D eigenvalue weighted by Crippen LogP contribution is 2.26. The molecule has 0 aliphatic carbocycles. The fraction of sp³-hybridized carbons (Fsp3) is 0.545. The second kappa shape index (κ2) is 6.51. The molecule has 2 nitrogen and oxygen atoms in total. The van der Waals surface area contributed by atoms with Crippen molar-refractivity contribution in [3.05, 3.63) is 22.8 Å². The topological polar surface area (TPSA) is 38.9 Å². The maximum absolute atomic E-state index is 6.06. The van der Waals surface area contributed by atoms with Crippen molar-refractivity contribution in [1.29, 1.82) is 0 Å². The van der Waals surface area contributed by atoms with E-state index in [2.05, 4.69) is 34.8 Å². The largest absolute Gasteiger partial charge is 0.327 e. The van der Waals surface area contributed by atoms with Gasteiger partial charge in [0.1, 0.15) is 5.03 Å². The van der Waals surface area contributed by atoms with Crippen LogP contribution in [0.3, 0.4) is 0 Å². The second-order valence-electron chi connectivity index (χ2n) is 3.65. The van der Waals surface area contributed by atoms with E-state index in [-0.39, 0.29) is 6.04 Å². The van der Waals surface area contributed by atoms with Crippen LogP contribution >= 0.6 is 27.7 Å². The van der Waals surface area contributed by atoms with Crippen molar-refractivity contribution in [2.75, 3.05) is 5.75 Å². The molecule has 0 aromatic carbocycles. The Morgan fingerprint density at radius 2 is 2.33 bits per heavy atom. The molecule has 1 rings (SSSR count). The molecule has 0 saturated heterocycles. The van der Waals surface area contributed by atoms with Gasteiger partial charge in [-0.3, -0.25) is 0 Å². The average Bonchev–Trinajstić information content (AvgIpc) is 2.26. The summed E-state index contributed by atoms with van der Waals surface area (Å²) in [6, 6.07) is 4.17. The number of pyridine rings is 1. The predicted molar refractivity (Wildman–Crippen MR) is 70.1 cm³/mol. The maximum atomic E-state index is 6.06. The Balaban J connectivity index is 2.47. The van der Waals surface area contributed by atoms with Crippen LogP contribution in [0.25, 0.3) is 0 Å². The minimum Gasteiger partial charge on any atom is -0.327 e. The average molecular weight is 289 g/mol. The SMILES string of the molecule is CCC(C)C(N)CSc1ncccc1Br. The number of hydrogen-bond acceptors (Lipinski definition) is 3. The standard InChI is InChI=1S/C11H17BrN2S/c1-3-8(2)10(13)7-15-11-9(12)5-4-6-14-11/h4-6,8,10H,3,7,13H2,1-2H3. The predicted octanol–water partition coefficient (Wildman–Crippen LogP) is 3.31. The minimum atomic E-state index is 0.244. The van der Waals surface area contributed by atoms with Gasteiger partial charge in [-0.1, -0.05) is 20.3 Å². The minimum absolute atomic E-state index is 0.244. The normalized spacial score (nSPS) is 14.9. The molecular weight excluding hydrogens is 272 g/mol. The Hall–Kier alpha value is -0.0600. The first-order valence-corrected chi connectivity index (χ1v) is 6.92. The van der Waals surface area contributed by atoms with Gasteiger partial charge >= 0.3 is 0 Å². The molecule has 0 fully saturated rings. The summed E-state index contributed by atoms with van der Waals surface area (Å²) in [6.45, 7) is 4.37. The van der Waals surface area contributed by atoms with E-state index < -0.39 is 0 Å². The number of nitrogens with zero attached hydrogens (tertiary/aromatic N) is 1. The molecule has 1 heterocycles. The van der Waals surface area contributed by atoms with Crippen molar-refractivity contribution in [3.8, 4) is 0 Å². The molecule has 0 saturated carbocycles. The van der Waals surface area contributed by atoms with Crippen molar-refractivity contribution in [1.82, 2.24) is 4.98 Å². The zero-order chi connectivity index (χ0) is 11.3. The van der Waals surface area contributed by atoms with E-state index in [9.17, 15) is 0 Å². The van der Waals surface area contributed by atoms with E-state index in [1.807, 2.05) is 18.3 Å². The number of nitrogens with two attached hydrogens (primary N) is 1.